The molecule has 1 aliphatic rings. The number of ether oxygens (including phenoxy) is 1. The van der Waals surface area contributed by atoms with E-state index in [4.69, 9.17) is 4.98 Å². The summed E-state index contributed by atoms with van der Waals surface area (Å²) < 4.78 is 67.9. The zero-order valence-electron chi connectivity index (χ0n) is 18.0. The van der Waals surface area contributed by atoms with E-state index in [9.17, 15) is 21.6 Å². The SMILES string of the molecule is Cc1cccc(-c2csc(N3CCN(S(=O)(=O)c4ccc(OC(F)(F)F)cc4)CC3)n2)c1C. The number of aryl methyl sites for hydroxylation is 1. The van der Waals surface area contributed by atoms with Crippen LogP contribution in [0.1, 0.15) is 11.1 Å². The Hall–Kier alpha value is -2.63. The first kappa shape index (κ1) is 23.5. The summed E-state index contributed by atoms with van der Waals surface area (Å²) in [5.41, 5.74) is 4.35. The van der Waals surface area contributed by atoms with Crippen molar-refractivity contribution in [3.8, 4) is 17.0 Å². The van der Waals surface area contributed by atoms with Crippen molar-refractivity contribution in [3.63, 3.8) is 0 Å². The molecule has 33 heavy (non-hydrogen) atoms. The molecule has 3 aromatic rings. The Kier molecular flexibility index (Phi) is 6.39. The van der Waals surface area contributed by atoms with Crippen LogP contribution in [0, 0.1) is 13.8 Å². The number of hydrogen-bond donors (Lipinski definition) is 0. The molecule has 4 rings (SSSR count). The topological polar surface area (TPSA) is 62.7 Å². The highest BCUT2D eigenvalue weighted by Gasteiger charge is 2.32. The predicted molar refractivity (Wildman–Crippen MR) is 121 cm³/mol. The van der Waals surface area contributed by atoms with Crippen LogP contribution in [-0.4, -0.2) is 50.2 Å². The third kappa shape index (κ3) is 5.15. The molecule has 0 N–H and O–H groups in total. The molecule has 1 aliphatic heterocycles. The van der Waals surface area contributed by atoms with Gasteiger partial charge in [0.15, 0.2) is 5.13 Å². The lowest BCUT2D eigenvalue weighted by molar-refractivity contribution is -0.274. The van der Waals surface area contributed by atoms with Gasteiger partial charge in [0.1, 0.15) is 5.75 Å². The number of thiazole rings is 1. The van der Waals surface area contributed by atoms with Crippen molar-refractivity contribution in [2.45, 2.75) is 25.1 Å². The molecule has 2 heterocycles. The van der Waals surface area contributed by atoms with E-state index < -0.39 is 22.1 Å². The molecule has 0 saturated carbocycles. The molecular weight excluding hydrogens is 475 g/mol. The highest BCUT2D eigenvalue weighted by atomic mass is 32.2. The van der Waals surface area contributed by atoms with Crippen LogP contribution in [0.15, 0.2) is 52.7 Å². The van der Waals surface area contributed by atoms with E-state index in [1.54, 1.807) is 0 Å². The lowest BCUT2D eigenvalue weighted by atomic mass is 10.0. The summed E-state index contributed by atoms with van der Waals surface area (Å²) in [5.74, 6) is -0.463. The minimum atomic E-state index is -4.83. The normalized spacial score (nSPS) is 15.6. The Bertz CT molecular complexity index is 1230. The molecule has 0 radical (unpaired) electrons. The first-order chi connectivity index (χ1) is 15.5. The van der Waals surface area contributed by atoms with Gasteiger partial charge in [0.05, 0.1) is 10.6 Å². The van der Waals surface area contributed by atoms with E-state index in [1.165, 1.54) is 26.8 Å². The van der Waals surface area contributed by atoms with E-state index >= 15 is 0 Å². The first-order valence-electron chi connectivity index (χ1n) is 10.2. The molecule has 1 aromatic heterocycles. The lowest BCUT2D eigenvalue weighted by Crippen LogP contribution is -2.48. The van der Waals surface area contributed by atoms with Crippen molar-refractivity contribution in [2.24, 2.45) is 0 Å². The number of piperazine rings is 1. The Morgan fingerprint density at radius 2 is 1.67 bits per heavy atom. The van der Waals surface area contributed by atoms with Crippen molar-refractivity contribution in [2.75, 3.05) is 31.1 Å². The zero-order chi connectivity index (χ0) is 23.8. The van der Waals surface area contributed by atoms with Crippen LogP contribution >= 0.6 is 11.3 Å². The second-order valence-electron chi connectivity index (χ2n) is 7.67. The maximum absolute atomic E-state index is 12.9. The van der Waals surface area contributed by atoms with Crippen LogP contribution in [-0.2, 0) is 10.0 Å². The standard InChI is InChI=1S/C22H22F3N3O3S2/c1-15-4-3-5-19(16(15)2)20-14-32-21(26-20)27-10-12-28(13-11-27)33(29,30)18-8-6-17(7-9-18)31-22(23,24)25/h3-9,14H,10-13H2,1-2H3. The number of nitrogens with zero attached hydrogens (tertiary/aromatic N) is 3. The molecule has 6 nitrogen and oxygen atoms in total. The average Bonchev–Trinajstić information content (AvgIpc) is 3.25. The molecule has 1 fully saturated rings. The van der Waals surface area contributed by atoms with Gasteiger partial charge in [-0.15, -0.1) is 24.5 Å². The molecule has 2 aromatic carbocycles. The number of aromatic nitrogens is 1. The molecule has 11 heteroatoms. The lowest BCUT2D eigenvalue weighted by Gasteiger charge is -2.33. The number of benzene rings is 2. The van der Waals surface area contributed by atoms with Crippen LogP contribution in [0.2, 0.25) is 0 Å². The van der Waals surface area contributed by atoms with Crippen LogP contribution < -0.4 is 9.64 Å². The monoisotopic (exact) mass is 497 g/mol. The molecule has 0 aliphatic carbocycles. The summed E-state index contributed by atoms with van der Waals surface area (Å²) in [7, 11) is -3.82. The van der Waals surface area contributed by atoms with Gasteiger partial charge >= 0.3 is 6.36 Å². The second-order valence-corrected chi connectivity index (χ2v) is 10.4. The van der Waals surface area contributed by atoms with Crippen molar-refractivity contribution in [1.29, 1.82) is 0 Å². The molecule has 1 saturated heterocycles. The smallest absolute Gasteiger partial charge is 0.406 e. The van der Waals surface area contributed by atoms with Crippen LogP contribution in [0.25, 0.3) is 11.3 Å². The van der Waals surface area contributed by atoms with Gasteiger partial charge < -0.3 is 9.64 Å². The first-order valence-corrected chi connectivity index (χ1v) is 12.5. The Morgan fingerprint density at radius 3 is 2.30 bits per heavy atom. The van der Waals surface area contributed by atoms with E-state index in [1.807, 2.05) is 22.4 Å². The maximum Gasteiger partial charge on any atom is 0.573 e. The van der Waals surface area contributed by atoms with E-state index in [-0.39, 0.29) is 18.0 Å². The summed E-state index contributed by atoms with van der Waals surface area (Å²) in [6.07, 6.45) is -4.83. The van der Waals surface area contributed by atoms with Gasteiger partial charge in [-0.3, -0.25) is 0 Å². The Balaban J connectivity index is 1.42. The summed E-state index contributed by atoms with van der Waals surface area (Å²) >= 11 is 1.52. The van der Waals surface area contributed by atoms with Gasteiger partial charge in [0, 0.05) is 37.1 Å². The van der Waals surface area contributed by atoms with Crippen molar-refractivity contribution in [1.82, 2.24) is 9.29 Å². The van der Waals surface area contributed by atoms with Gasteiger partial charge in [-0.1, -0.05) is 18.2 Å². The quantitative estimate of drug-likeness (QED) is 0.505. The number of alkyl halides is 3. The van der Waals surface area contributed by atoms with Gasteiger partial charge in [-0.25, -0.2) is 13.4 Å². The molecule has 0 atom stereocenters. The van der Waals surface area contributed by atoms with E-state index in [0.29, 0.717) is 13.1 Å². The molecule has 0 bridgehead atoms. The number of anilines is 1. The third-order valence-electron chi connectivity index (χ3n) is 5.58. The van der Waals surface area contributed by atoms with Gasteiger partial charge in [0.2, 0.25) is 10.0 Å². The summed E-state index contributed by atoms with van der Waals surface area (Å²) in [6.45, 7) is 5.56. The number of rotatable bonds is 5. The Labute approximate surface area is 194 Å². The number of halogens is 3. The minimum absolute atomic E-state index is 0.0723. The maximum atomic E-state index is 12.9. The van der Waals surface area contributed by atoms with Crippen LogP contribution in [0.5, 0.6) is 5.75 Å². The van der Waals surface area contributed by atoms with Crippen molar-refractivity contribution in [3.05, 3.63) is 59.0 Å². The molecule has 0 amide bonds. The number of sulfonamides is 1. The fraction of sp³-hybridized carbons (Fsp3) is 0.318. The molecule has 0 unspecified atom stereocenters. The summed E-state index contributed by atoms with van der Waals surface area (Å²) in [4.78, 5) is 6.74. The highest BCUT2D eigenvalue weighted by molar-refractivity contribution is 7.89. The molecule has 0 spiro atoms. The molecule has 176 valence electrons. The fourth-order valence-electron chi connectivity index (χ4n) is 3.64. The second kappa shape index (κ2) is 8.96. The van der Waals surface area contributed by atoms with Gasteiger partial charge in [-0.05, 0) is 49.2 Å². The largest absolute Gasteiger partial charge is 0.573 e. The zero-order valence-corrected chi connectivity index (χ0v) is 19.6. The highest BCUT2D eigenvalue weighted by Crippen LogP contribution is 2.32. The summed E-state index contributed by atoms with van der Waals surface area (Å²) in [5, 5.41) is 2.83. The Morgan fingerprint density at radius 1 is 1.00 bits per heavy atom. The third-order valence-corrected chi connectivity index (χ3v) is 8.39. The fourth-order valence-corrected chi connectivity index (χ4v) is 5.95. The van der Waals surface area contributed by atoms with Gasteiger partial charge in [-0.2, -0.15) is 4.31 Å². The van der Waals surface area contributed by atoms with Crippen molar-refractivity contribution < 1.29 is 26.3 Å². The summed E-state index contributed by atoms with van der Waals surface area (Å²) in [6, 6.07) is 10.4. The molecular formula is C22H22F3N3O3S2. The van der Waals surface area contributed by atoms with Gasteiger partial charge in [0.25, 0.3) is 0 Å². The average molecular weight is 498 g/mol. The van der Waals surface area contributed by atoms with Crippen molar-refractivity contribution >= 4 is 26.5 Å². The van der Waals surface area contributed by atoms with Crippen LogP contribution in [0.4, 0.5) is 18.3 Å². The van der Waals surface area contributed by atoms with E-state index in [0.717, 1.165) is 40.7 Å². The number of hydrogen-bond acceptors (Lipinski definition) is 6. The minimum Gasteiger partial charge on any atom is -0.406 e. The predicted octanol–water partition coefficient (Wildman–Crippen LogP) is 4.84. The van der Waals surface area contributed by atoms with Crippen LogP contribution in [0.3, 0.4) is 0 Å². The van der Waals surface area contributed by atoms with E-state index in [2.05, 4.69) is 24.7 Å².